The van der Waals surface area contributed by atoms with Crippen LogP contribution in [0.3, 0.4) is 0 Å². The Morgan fingerprint density at radius 2 is 0.649 bits per heavy atom. The molecule has 3 rings (SSSR count). The van der Waals surface area contributed by atoms with Crippen molar-refractivity contribution in [2.24, 2.45) is 0 Å². The van der Waals surface area contributed by atoms with Crippen molar-refractivity contribution >= 4 is 8.60 Å². The third-order valence-electron chi connectivity index (χ3n) is 4.14. The van der Waals surface area contributed by atoms with Crippen molar-refractivity contribution in [2.75, 3.05) is 0 Å². The molecule has 3 aromatic carbocycles. The second-order valence-electron chi connectivity index (χ2n) is 6.68. The summed E-state index contributed by atoms with van der Waals surface area (Å²) >= 11 is 0. The van der Waals surface area contributed by atoms with Crippen molar-refractivity contribution in [2.45, 2.75) is 18.5 Å². The second kappa shape index (κ2) is 11.4. The van der Waals surface area contributed by atoms with Gasteiger partial charge in [0.1, 0.15) is 16.7 Å². The molecular formula is C21H12F9O6P. The molecule has 0 spiro atoms. The third-order valence-corrected chi connectivity index (χ3v) is 4.73. The maximum atomic E-state index is 13.2. The average molecular weight is 562 g/mol. The molecule has 37 heavy (non-hydrogen) atoms. The molecule has 0 aromatic heterocycles. The zero-order valence-corrected chi connectivity index (χ0v) is 18.6. The highest BCUT2D eigenvalue weighted by molar-refractivity contribution is 7.41. The van der Waals surface area contributed by atoms with Crippen LogP contribution in [0.4, 0.5) is 39.5 Å². The van der Waals surface area contributed by atoms with Crippen molar-refractivity contribution < 1.29 is 68.2 Å². The van der Waals surface area contributed by atoms with Gasteiger partial charge in [-0.05, 0) is 36.4 Å². The van der Waals surface area contributed by atoms with E-state index < -0.39 is 61.1 Å². The van der Waals surface area contributed by atoms with Crippen molar-refractivity contribution in [1.29, 1.82) is 0 Å². The van der Waals surface area contributed by atoms with Gasteiger partial charge >= 0.3 is 27.1 Å². The molecule has 3 aromatic rings. The van der Waals surface area contributed by atoms with Crippen LogP contribution in [0.1, 0.15) is 16.7 Å². The van der Waals surface area contributed by atoms with Gasteiger partial charge in [-0.3, -0.25) is 0 Å². The number of hydrogen-bond donors (Lipinski definition) is 0. The van der Waals surface area contributed by atoms with Crippen molar-refractivity contribution in [1.82, 2.24) is 0 Å². The zero-order chi connectivity index (χ0) is 27.3. The summed E-state index contributed by atoms with van der Waals surface area (Å²) in [6.45, 7) is 0. The fraction of sp³-hybridized carbons (Fsp3) is 0.143. The summed E-state index contributed by atoms with van der Waals surface area (Å²) in [5, 5.41) is 0. The average Bonchev–Trinajstić information content (AvgIpc) is 2.82. The van der Waals surface area contributed by atoms with E-state index in [1.807, 2.05) is 0 Å². The van der Waals surface area contributed by atoms with Crippen LogP contribution in [0.5, 0.6) is 17.2 Å². The van der Waals surface area contributed by atoms with Gasteiger partial charge in [0.05, 0.1) is 0 Å². The molecule has 0 aliphatic carbocycles. The molecule has 0 bridgehead atoms. The number of rotatable bonds is 9. The first-order chi connectivity index (χ1) is 17.3. The SMILES string of the molecule is FC(F)(F)c1ccccc1OOP(OOc1ccccc1C(F)(F)F)OOc1ccccc1C(F)(F)F. The van der Waals surface area contributed by atoms with E-state index in [0.29, 0.717) is 18.2 Å². The number of para-hydroxylation sites is 3. The Labute approximate surface area is 202 Å². The van der Waals surface area contributed by atoms with E-state index in [9.17, 15) is 39.5 Å². The van der Waals surface area contributed by atoms with E-state index in [-0.39, 0.29) is 0 Å². The Morgan fingerprint density at radius 1 is 0.405 bits per heavy atom. The minimum Gasteiger partial charge on any atom is -0.329 e. The lowest BCUT2D eigenvalue weighted by molar-refractivity contribution is -0.225. The molecule has 0 heterocycles. The van der Waals surface area contributed by atoms with Crippen LogP contribution in [0.25, 0.3) is 0 Å². The highest BCUT2D eigenvalue weighted by atomic mass is 31.2. The van der Waals surface area contributed by atoms with Crippen LogP contribution < -0.4 is 14.7 Å². The highest BCUT2D eigenvalue weighted by Crippen LogP contribution is 2.46. The predicted molar refractivity (Wildman–Crippen MR) is 106 cm³/mol. The molecule has 0 fully saturated rings. The van der Waals surface area contributed by atoms with Gasteiger partial charge in [0.15, 0.2) is 17.2 Å². The van der Waals surface area contributed by atoms with Crippen molar-refractivity contribution in [3.05, 3.63) is 89.5 Å². The summed E-state index contributed by atoms with van der Waals surface area (Å²) in [7, 11) is -3.35. The normalized spacial score (nSPS) is 12.5. The molecule has 6 nitrogen and oxygen atoms in total. The molecule has 0 unspecified atom stereocenters. The van der Waals surface area contributed by atoms with E-state index in [2.05, 4.69) is 28.7 Å². The van der Waals surface area contributed by atoms with E-state index in [1.165, 1.54) is 0 Å². The smallest absolute Gasteiger partial charge is 0.329 e. The van der Waals surface area contributed by atoms with Crippen molar-refractivity contribution in [3.8, 4) is 17.2 Å². The molecule has 0 radical (unpaired) electrons. The molecular weight excluding hydrogens is 550 g/mol. The predicted octanol–water partition coefficient (Wildman–Crippen LogP) is 8.30. The molecule has 0 amide bonds. The molecule has 0 aliphatic rings. The van der Waals surface area contributed by atoms with Gasteiger partial charge in [-0.25, -0.2) is 0 Å². The molecule has 0 saturated carbocycles. The number of hydrogen-bond acceptors (Lipinski definition) is 6. The zero-order valence-electron chi connectivity index (χ0n) is 17.7. The van der Waals surface area contributed by atoms with E-state index in [0.717, 1.165) is 54.6 Å². The van der Waals surface area contributed by atoms with Crippen LogP contribution in [0, 0.1) is 0 Å². The Bertz CT molecular complexity index is 1040. The van der Waals surface area contributed by atoms with Crippen LogP contribution in [0.2, 0.25) is 0 Å². The van der Waals surface area contributed by atoms with Crippen LogP contribution >= 0.6 is 8.60 Å². The first-order valence-corrected chi connectivity index (χ1v) is 10.7. The topological polar surface area (TPSA) is 55.4 Å². The van der Waals surface area contributed by atoms with Crippen LogP contribution in [-0.2, 0) is 32.6 Å². The monoisotopic (exact) mass is 562 g/mol. The van der Waals surface area contributed by atoms with Crippen LogP contribution in [-0.4, -0.2) is 0 Å². The lowest BCUT2D eigenvalue weighted by Crippen LogP contribution is -2.12. The largest absolute Gasteiger partial charge is 0.455 e. The first kappa shape index (κ1) is 28.3. The summed E-state index contributed by atoms with van der Waals surface area (Å²) < 4.78 is 132. The van der Waals surface area contributed by atoms with E-state index in [4.69, 9.17) is 0 Å². The van der Waals surface area contributed by atoms with Gasteiger partial charge in [0.25, 0.3) is 0 Å². The van der Waals surface area contributed by atoms with E-state index in [1.54, 1.807) is 0 Å². The summed E-state index contributed by atoms with van der Waals surface area (Å²) in [6, 6.07) is 10.8. The van der Waals surface area contributed by atoms with Gasteiger partial charge in [-0.1, -0.05) is 50.4 Å². The summed E-state index contributed by atoms with van der Waals surface area (Å²) in [5.74, 6) is -2.79. The fourth-order valence-corrected chi connectivity index (χ4v) is 3.07. The van der Waals surface area contributed by atoms with Gasteiger partial charge in [-0.2, -0.15) is 39.5 Å². The third kappa shape index (κ3) is 7.86. The highest BCUT2D eigenvalue weighted by Gasteiger charge is 2.38. The minimum atomic E-state index is -4.91. The Hall–Kier alpha value is -3.26. The van der Waals surface area contributed by atoms with Gasteiger partial charge in [0.2, 0.25) is 0 Å². The quantitative estimate of drug-likeness (QED) is 0.113. The number of alkyl halides is 9. The van der Waals surface area contributed by atoms with Crippen LogP contribution in [0.15, 0.2) is 72.8 Å². The lowest BCUT2D eigenvalue weighted by atomic mass is 10.2. The Kier molecular flexibility index (Phi) is 8.74. The maximum absolute atomic E-state index is 13.2. The molecule has 0 N–H and O–H groups in total. The lowest BCUT2D eigenvalue weighted by Gasteiger charge is -2.18. The Balaban J connectivity index is 1.81. The van der Waals surface area contributed by atoms with Gasteiger partial charge < -0.3 is 14.7 Å². The summed E-state index contributed by atoms with van der Waals surface area (Å²) in [5.41, 5.74) is -3.97. The van der Waals surface area contributed by atoms with Gasteiger partial charge in [-0.15, -0.1) is 0 Å². The number of benzene rings is 3. The summed E-state index contributed by atoms with van der Waals surface area (Å²) in [4.78, 5) is 13.7. The standard InChI is InChI=1S/C21H12F9O6P/c22-19(23,24)13-7-1-4-10-16(13)31-34-37(35-32-17-11-5-2-8-14(17)20(25,26)27)36-33-18-12-6-3-9-15(18)21(28,29)30/h1-12H. The first-order valence-electron chi connectivity index (χ1n) is 9.59. The van der Waals surface area contributed by atoms with E-state index >= 15 is 0 Å². The fourth-order valence-electron chi connectivity index (χ4n) is 2.57. The van der Waals surface area contributed by atoms with Crippen molar-refractivity contribution in [3.63, 3.8) is 0 Å². The molecule has 0 aliphatic heterocycles. The Morgan fingerprint density at radius 3 is 0.892 bits per heavy atom. The number of halogens is 9. The second-order valence-corrected chi connectivity index (χ2v) is 7.57. The molecule has 16 heteroatoms. The van der Waals surface area contributed by atoms with Gasteiger partial charge in [0, 0.05) is 0 Å². The maximum Gasteiger partial charge on any atom is 0.455 e. The molecule has 0 atom stereocenters. The molecule has 200 valence electrons. The minimum absolute atomic E-state index is 0.620. The summed E-state index contributed by atoms with van der Waals surface area (Å²) in [6.07, 6.45) is -14.7. The molecule has 0 saturated heterocycles.